The SMILES string of the molecule is CC(NC(=O)c1cc[nH]c(=O)c1)C(=O)N(C)C. The summed E-state index contributed by atoms with van der Waals surface area (Å²) in [6, 6.07) is 2.03. The molecule has 1 rings (SSSR count). The Kier molecular flexibility index (Phi) is 4.03. The highest BCUT2D eigenvalue weighted by Crippen LogP contribution is 1.96. The number of aromatic amines is 1. The summed E-state index contributed by atoms with van der Waals surface area (Å²) in [5, 5.41) is 2.52. The highest BCUT2D eigenvalue weighted by Gasteiger charge is 2.17. The van der Waals surface area contributed by atoms with E-state index >= 15 is 0 Å². The summed E-state index contributed by atoms with van der Waals surface area (Å²) in [5.74, 6) is -0.651. The van der Waals surface area contributed by atoms with E-state index in [2.05, 4.69) is 10.3 Å². The Hall–Kier alpha value is -2.11. The van der Waals surface area contributed by atoms with Gasteiger partial charge in [-0.15, -0.1) is 0 Å². The molecule has 1 atom stereocenters. The molecule has 0 fully saturated rings. The van der Waals surface area contributed by atoms with Crippen molar-refractivity contribution in [2.45, 2.75) is 13.0 Å². The lowest BCUT2D eigenvalue weighted by molar-refractivity contribution is -0.130. The zero-order valence-corrected chi connectivity index (χ0v) is 9.98. The van der Waals surface area contributed by atoms with Gasteiger partial charge in [0.2, 0.25) is 11.5 Å². The normalized spacial score (nSPS) is 11.7. The first-order valence-corrected chi connectivity index (χ1v) is 5.12. The van der Waals surface area contributed by atoms with Crippen molar-refractivity contribution in [3.63, 3.8) is 0 Å². The first-order chi connectivity index (χ1) is 7.91. The van der Waals surface area contributed by atoms with Gasteiger partial charge in [-0.1, -0.05) is 0 Å². The smallest absolute Gasteiger partial charge is 0.252 e. The molecule has 1 aromatic heterocycles. The molecule has 92 valence electrons. The molecule has 0 bridgehead atoms. The largest absolute Gasteiger partial charge is 0.347 e. The van der Waals surface area contributed by atoms with Gasteiger partial charge in [-0.3, -0.25) is 14.4 Å². The van der Waals surface area contributed by atoms with Gasteiger partial charge in [0.25, 0.3) is 5.91 Å². The van der Waals surface area contributed by atoms with E-state index in [9.17, 15) is 14.4 Å². The van der Waals surface area contributed by atoms with Gasteiger partial charge in [0.15, 0.2) is 0 Å². The fourth-order valence-electron chi connectivity index (χ4n) is 1.31. The van der Waals surface area contributed by atoms with E-state index in [1.165, 1.54) is 23.2 Å². The Morgan fingerprint density at radius 2 is 2.06 bits per heavy atom. The molecular formula is C11H15N3O3. The Morgan fingerprint density at radius 1 is 1.41 bits per heavy atom. The van der Waals surface area contributed by atoms with Gasteiger partial charge in [0, 0.05) is 31.9 Å². The van der Waals surface area contributed by atoms with Crippen LogP contribution >= 0.6 is 0 Å². The number of rotatable bonds is 3. The third-order valence-electron chi connectivity index (χ3n) is 2.20. The number of hydrogen-bond donors (Lipinski definition) is 2. The van der Waals surface area contributed by atoms with Gasteiger partial charge in [0.05, 0.1) is 0 Å². The van der Waals surface area contributed by atoms with Crippen LogP contribution in [-0.4, -0.2) is 41.8 Å². The van der Waals surface area contributed by atoms with Gasteiger partial charge >= 0.3 is 0 Å². The van der Waals surface area contributed by atoms with Crippen LogP contribution in [0.4, 0.5) is 0 Å². The molecule has 1 heterocycles. The maximum atomic E-state index is 11.7. The summed E-state index contributed by atoms with van der Waals surface area (Å²) in [4.78, 5) is 38.0. The number of nitrogens with one attached hydrogen (secondary N) is 2. The highest BCUT2D eigenvalue weighted by atomic mass is 16.2. The fourth-order valence-corrected chi connectivity index (χ4v) is 1.31. The van der Waals surface area contributed by atoms with Crippen molar-refractivity contribution in [3.8, 4) is 0 Å². The van der Waals surface area contributed by atoms with E-state index in [1.807, 2.05) is 0 Å². The molecule has 0 radical (unpaired) electrons. The van der Waals surface area contributed by atoms with Crippen LogP contribution in [0.1, 0.15) is 17.3 Å². The third-order valence-corrected chi connectivity index (χ3v) is 2.20. The molecule has 0 aliphatic heterocycles. The predicted molar refractivity (Wildman–Crippen MR) is 62.7 cm³/mol. The summed E-state index contributed by atoms with van der Waals surface area (Å²) < 4.78 is 0. The van der Waals surface area contributed by atoms with Gasteiger partial charge in [0.1, 0.15) is 6.04 Å². The van der Waals surface area contributed by atoms with Crippen molar-refractivity contribution in [3.05, 3.63) is 34.2 Å². The van der Waals surface area contributed by atoms with Crippen molar-refractivity contribution in [1.29, 1.82) is 0 Å². The van der Waals surface area contributed by atoms with Crippen LogP contribution in [0, 0.1) is 0 Å². The number of carbonyl (C=O) groups is 2. The summed E-state index contributed by atoms with van der Waals surface area (Å²) in [5.41, 5.74) is -0.128. The molecule has 2 N–H and O–H groups in total. The maximum absolute atomic E-state index is 11.7. The zero-order valence-electron chi connectivity index (χ0n) is 9.98. The average molecular weight is 237 g/mol. The van der Waals surface area contributed by atoms with E-state index < -0.39 is 11.9 Å². The van der Waals surface area contributed by atoms with E-state index in [-0.39, 0.29) is 17.0 Å². The number of hydrogen-bond acceptors (Lipinski definition) is 3. The molecule has 0 saturated heterocycles. The Bertz CT molecular complexity index is 479. The number of aromatic nitrogens is 1. The number of carbonyl (C=O) groups excluding carboxylic acids is 2. The second-order valence-electron chi connectivity index (χ2n) is 3.87. The molecule has 0 aliphatic rings. The molecule has 0 saturated carbocycles. The number of pyridine rings is 1. The maximum Gasteiger partial charge on any atom is 0.252 e. The topological polar surface area (TPSA) is 82.3 Å². The number of amides is 2. The summed E-state index contributed by atoms with van der Waals surface area (Å²) in [7, 11) is 3.22. The molecule has 17 heavy (non-hydrogen) atoms. The molecule has 1 aromatic rings. The summed E-state index contributed by atoms with van der Waals surface area (Å²) in [6.45, 7) is 1.59. The van der Waals surface area contributed by atoms with Crippen LogP contribution in [0.25, 0.3) is 0 Å². The molecular weight excluding hydrogens is 222 g/mol. The van der Waals surface area contributed by atoms with E-state index in [4.69, 9.17) is 0 Å². The summed E-state index contributed by atoms with van der Waals surface area (Å²) >= 11 is 0. The quantitative estimate of drug-likeness (QED) is 0.749. The molecule has 0 aliphatic carbocycles. The molecule has 0 spiro atoms. The second kappa shape index (κ2) is 5.29. The minimum absolute atomic E-state index is 0.205. The van der Waals surface area contributed by atoms with Crippen molar-refractivity contribution < 1.29 is 9.59 Å². The van der Waals surface area contributed by atoms with Crippen molar-refractivity contribution >= 4 is 11.8 Å². The minimum atomic E-state index is -0.628. The molecule has 6 heteroatoms. The predicted octanol–water partition coefficient (Wildman–Crippen LogP) is -0.419. The molecule has 1 unspecified atom stereocenters. The Balaban J connectivity index is 2.73. The van der Waals surface area contributed by atoms with Gasteiger partial charge in [-0.2, -0.15) is 0 Å². The lowest BCUT2D eigenvalue weighted by atomic mass is 10.2. The first-order valence-electron chi connectivity index (χ1n) is 5.12. The van der Waals surface area contributed by atoms with Crippen LogP contribution in [0.3, 0.4) is 0 Å². The molecule has 2 amide bonds. The number of nitrogens with zero attached hydrogens (tertiary/aromatic N) is 1. The van der Waals surface area contributed by atoms with Crippen molar-refractivity contribution in [2.75, 3.05) is 14.1 Å². The van der Waals surface area contributed by atoms with E-state index in [0.29, 0.717) is 0 Å². The van der Waals surface area contributed by atoms with Crippen LogP contribution in [0.2, 0.25) is 0 Å². The zero-order chi connectivity index (χ0) is 13.0. The van der Waals surface area contributed by atoms with Gasteiger partial charge in [-0.25, -0.2) is 0 Å². The standard InChI is InChI=1S/C11H15N3O3/c1-7(11(17)14(2)3)13-10(16)8-4-5-12-9(15)6-8/h4-7H,1-3H3,(H,12,15)(H,13,16). The van der Waals surface area contributed by atoms with Crippen molar-refractivity contribution in [1.82, 2.24) is 15.2 Å². The van der Waals surface area contributed by atoms with Crippen LogP contribution in [0.5, 0.6) is 0 Å². The number of H-pyrrole nitrogens is 1. The lowest BCUT2D eigenvalue weighted by Gasteiger charge is -2.17. The Morgan fingerprint density at radius 3 is 2.59 bits per heavy atom. The van der Waals surface area contributed by atoms with Crippen LogP contribution < -0.4 is 10.9 Å². The summed E-state index contributed by atoms with van der Waals surface area (Å²) in [6.07, 6.45) is 1.38. The average Bonchev–Trinajstić information content (AvgIpc) is 2.27. The fraction of sp³-hybridized carbons (Fsp3) is 0.364. The van der Waals surface area contributed by atoms with E-state index in [1.54, 1.807) is 21.0 Å². The number of likely N-dealkylation sites (N-methyl/N-ethyl adjacent to an activating group) is 1. The highest BCUT2D eigenvalue weighted by molar-refractivity contribution is 5.97. The second-order valence-corrected chi connectivity index (χ2v) is 3.87. The van der Waals surface area contributed by atoms with E-state index in [0.717, 1.165) is 0 Å². The van der Waals surface area contributed by atoms with Gasteiger partial charge < -0.3 is 15.2 Å². The van der Waals surface area contributed by atoms with Crippen LogP contribution in [-0.2, 0) is 4.79 Å². The van der Waals surface area contributed by atoms with Crippen molar-refractivity contribution in [2.24, 2.45) is 0 Å². The first kappa shape index (κ1) is 13.0. The Labute approximate surface area is 98.6 Å². The lowest BCUT2D eigenvalue weighted by Crippen LogP contribution is -2.44. The van der Waals surface area contributed by atoms with Gasteiger partial charge in [-0.05, 0) is 13.0 Å². The minimum Gasteiger partial charge on any atom is -0.347 e. The third kappa shape index (κ3) is 3.44. The molecule has 0 aromatic carbocycles. The van der Waals surface area contributed by atoms with Crippen LogP contribution in [0.15, 0.2) is 23.1 Å². The monoisotopic (exact) mass is 237 g/mol. The molecule has 6 nitrogen and oxygen atoms in total.